The lowest BCUT2D eigenvalue weighted by Crippen LogP contribution is -2.59. The Morgan fingerprint density at radius 2 is 1.68 bits per heavy atom. The monoisotopic (exact) mass is 1030 g/mol. The molecule has 0 saturated carbocycles. The minimum atomic E-state index is -5.32. The van der Waals surface area contributed by atoms with Gasteiger partial charge in [0.25, 0.3) is 5.91 Å². The van der Waals surface area contributed by atoms with Gasteiger partial charge in [0, 0.05) is 48.8 Å². The van der Waals surface area contributed by atoms with E-state index in [4.69, 9.17) is 4.74 Å². The topological polar surface area (TPSA) is 213 Å². The number of halogens is 2. The van der Waals surface area contributed by atoms with Crippen LogP contribution in [0.5, 0.6) is 0 Å². The van der Waals surface area contributed by atoms with Gasteiger partial charge in [-0.25, -0.2) is 13.6 Å². The highest BCUT2D eigenvalue weighted by atomic mass is 32.1. The van der Waals surface area contributed by atoms with E-state index in [2.05, 4.69) is 15.5 Å². The van der Waals surface area contributed by atoms with E-state index < -0.39 is 66.2 Å². The van der Waals surface area contributed by atoms with Crippen molar-refractivity contribution in [2.45, 2.75) is 96.0 Å². The van der Waals surface area contributed by atoms with Gasteiger partial charge in [-0.05, 0) is 97.8 Å². The summed E-state index contributed by atoms with van der Waals surface area (Å²) in [6.45, 7) is 8.86. The Hall–Kier alpha value is -5.63. The molecule has 17 nitrogen and oxygen atoms in total. The number of ether oxygens (including phenoxy) is 1. The molecule has 4 N–H and O–H groups in total. The number of carbonyl (C=O) groups is 5. The predicted molar refractivity (Wildman–Crippen MR) is 265 cm³/mol. The highest BCUT2D eigenvalue weighted by Crippen LogP contribution is 2.54. The summed E-state index contributed by atoms with van der Waals surface area (Å²) in [7, 11) is -3.64. The number of amides is 5. The number of nitrogens with zero attached hydrogens (tertiary/aromatic N) is 5. The lowest BCUT2D eigenvalue weighted by atomic mass is 9.82. The first-order valence-electron chi connectivity index (χ1n) is 24.4. The molecule has 0 bridgehead atoms. The summed E-state index contributed by atoms with van der Waals surface area (Å²) in [5.74, 6) is -6.15. The highest BCUT2D eigenvalue weighted by molar-refractivity contribution is 7.51. The lowest BCUT2D eigenvalue weighted by molar-refractivity contribution is -0.152. The molecule has 1 unspecified atom stereocenters. The minimum Gasteiger partial charge on any atom is -0.370 e. The lowest BCUT2D eigenvalue weighted by Gasteiger charge is -2.40. The Bertz CT molecular complexity index is 3030. The van der Waals surface area contributed by atoms with Crippen LogP contribution in [0, 0.1) is 23.1 Å². The van der Waals surface area contributed by atoms with Crippen molar-refractivity contribution >= 4 is 69.6 Å². The van der Waals surface area contributed by atoms with E-state index in [-0.39, 0.29) is 69.8 Å². The first kappa shape index (κ1) is 51.3. The Morgan fingerprint density at radius 1 is 0.944 bits per heavy atom. The summed E-state index contributed by atoms with van der Waals surface area (Å²) in [5, 5.41) is 5.04. The van der Waals surface area contributed by atoms with Gasteiger partial charge in [-0.1, -0.05) is 63.2 Å². The van der Waals surface area contributed by atoms with E-state index in [9.17, 15) is 37.9 Å². The van der Waals surface area contributed by atoms with E-state index >= 15 is 14.0 Å². The Kier molecular flexibility index (Phi) is 14.5. The van der Waals surface area contributed by atoms with Crippen molar-refractivity contribution in [2.75, 3.05) is 39.3 Å². The summed E-state index contributed by atoms with van der Waals surface area (Å²) in [4.78, 5) is 107. The maximum absolute atomic E-state index is 15.5. The van der Waals surface area contributed by atoms with E-state index in [1.165, 1.54) is 21.3 Å². The molecule has 384 valence electrons. The number of alkyl halides is 1. The fourth-order valence-electron chi connectivity index (χ4n) is 11.0. The van der Waals surface area contributed by atoms with Crippen molar-refractivity contribution in [1.29, 1.82) is 0 Å². The zero-order valence-electron chi connectivity index (χ0n) is 40.6. The van der Waals surface area contributed by atoms with Gasteiger partial charge in [-0.15, -0.1) is 11.3 Å². The molecule has 72 heavy (non-hydrogen) atoms. The molecule has 2 aromatic heterocycles. The summed E-state index contributed by atoms with van der Waals surface area (Å²) >= 11 is 0.890. The molecule has 3 aromatic carbocycles. The van der Waals surface area contributed by atoms with E-state index in [0.29, 0.717) is 50.1 Å². The van der Waals surface area contributed by atoms with Crippen molar-refractivity contribution in [3.05, 3.63) is 105 Å². The van der Waals surface area contributed by atoms with Gasteiger partial charge < -0.3 is 29.6 Å². The maximum Gasteiger partial charge on any atom is 0.364 e. The minimum absolute atomic E-state index is 0.00302. The summed E-state index contributed by atoms with van der Waals surface area (Å²) in [6, 6.07) is 16.2. The van der Waals surface area contributed by atoms with Gasteiger partial charge in [0.05, 0.1) is 29.1 Å². The number of piperidine rings is 2. The molecule has 6 heterocycles. The molecule has 5 aromatic rings. The zero-order valence-corrected chi connectivity index (χ0v) is 42.3. The Morgan fingerprint density at radius 3 is 2.38 bits per heavy atom. The Balaban J connectivity index is 0.914. The number of aromatic nitrogens is 2. The molecule has 4 fully saturated rings. The normalized spacial score (nSPS) is 22.6. The van der Waals surface area contributed by atoms with Crippen LogP contribution in [0.25, 0.3) is 21.1 Å². The third-order valence-electron chi connectivity index (χ3n) is 14.9. The number of hydrogen-bond donors (Lipinski definition) is 4. The fraction of sp³-hybridized carbons (Fsp3) is 0.490. The number of benzene rings is 3. The standard InChI is InChI=1S/C51H60F2N7O10PS/c1-51(2,3)44(55-47(63)40-26-34-39(72-40)14-11-33(42(34)52)45(53)71(67,68)69)49(65)59-21-18-32(43(59)48(64)58-22-23-70-38(28-58)31-8-6-5-7-9-31)24-29-16-19-57(20-17-29)27-30-10-12-35-37(25-30)56(4)50(66)60(35)36-13-15-41(61)54-46(36)62/h5-12,14,25-26,29,32,36,38,43-45H,13,15-24,27-28H2,1-4H3,(H,55,63)(H,54,61,62)(H2,67,68,69)/t32-,36?,38-,43-,44+,45-/m0/s1. The molecular weight excluding hydrogens is 972 g/mol. The molecule has 9 rings (SSSR count). The summed E-state index contributed by atoms with van der Waals surface area (Å²) in [6.07, 6.45) is 3.03. The number of imide groups is 1. The molecule has 4 saturated heterocycles. The number of likely N-dealkylation sites (tertiary alicyclic amines) is 2. The average Bonchev–Trinajstić information content (AvgIpc) is 4.05. The van der Waals surface area contributed by atoms with Gasteiger partial charge >= 0.3 is 13.3 Å². The van der Waals surface area contributed by atoms with Crippen LogP contribution < -0.4 is 16.3 Å². The third-order valence-corrected chi connectivity index (χ3v) is 16.8. The maximum atomic E-state index is 15.5. The number of rotatable bonds is 12. The number of hydrogen-bond acceptors (Lipinski definition) is 10. The first-order chi connectivity index (χ1) is 34.2. The SMILES string of the molecule is Cn1c(=O)n(C2CCC(=O)NC2=O)c2ccc(CN3CCC(C[C@@H]4CCN(C(=O)[C@@H](NC(=O)c5cc6c(F)c([C@@H](F)P(=O)(O)O)ccc6s5)C(C)(C)C)[C@@H]4C(=O)N4CCO[C@H](c5ccccc5)C4)CC3)cc21. The molecule has 0 aliphatic carbocycles. The number of carbonyl (C=O) groups excluding carboxylic acids is 5. The molecule has 0 radical (unpaired) electrons. The Labute approximate surface area is 418 Å². The van der Waals surface area contributed by atoms with Crippen molar-refractivity contribution in [2.24, 2.45) is 24.3 Å². The quantitative estimate of drug-likeness (QED) is 0.0831. The van der Waals surface area contributed by atoms with Crippen LogP contribution >= 0.6 is 18.9 Å². The molecule has 0 spiro atoms. The van der Waals surface area contributed by atoms with Crippen molar-refractivity contribution in [3.63, 3.8) is 0 Å². The van der Waals surface area contributed by atoms with Crippen LogP contribution in [-0.2, 0) is 42.1 Å². The van der Waals surface area contributed by atoms with Crippen molar-refractivity contribution in [3.8, 4) is 0 Å². The molecule has 4 aliphatic heterocycles. The van der Waals surface area contributed by atoms with Crippen LogP contribution in [0.1, 0.15) is 104 Å². The van der Waals surface area contributed by atoms with Crippen LogP contribution in [0.15, 0.2) is 71.5 Å². The fourth-order valence-corrected chi connectivity index (χ4v) is 12.5. The molecular formula is C51H60F2N7O10PS. The second-order valence-electron chi connectivity index (χ2n) is 20.7. The highest BCUT2D eigenvalue weighted by Gasteiger charge is 2.49. The summed E-state index contributed by atoms with van der Waals surface area (Å²) < 4.78 is 51.2. The van der Waals surface area contributed by atoms with E-state index in [1.54, 1.807) is 37.6 Å². The molecule has 5 amide bonds. The number of imidazole rings is 1. The van der Waals surface area contributed by atoms with Crippen LogP contribution in [-0.4, -0.2) is 115 Å². The number of fused-ring (bicyclic) bond motifs is 2. The smallest absolute Gasteiger partial charge is 0.364 e. The van der Waals surface area contributed by atoms with Gasteiger partial charge in [0.15, 0.2) is 0 Å². The largest absolute Gasteiger partial charge is 0.370 e. The third kappa shape index (κ3) is 10.3. The predicted octanol–water partition coefficient (Wildman–Crippen LogP) is 6.08. The van der Waals surface area contributed by atoms with E-state index in [1.807, 2.05) is 48.5 Å². The van der Waals surface area contributed by atoms with E-state index in [0.717, 1.165) is 54.5 Å². The van der Waals surface area contributed by atoms with Crippen molar-refractivity contribution < 1.29 is 51.8 Å². The van der Waals surface area contributed by atoms with Crippen molar-refractivity contribution in [1.82, 2.24) is 34.5 Å². The second-order valence-corrected chi connectivity index (χ2v) is 23.4. The zero-order chi connectivity index (χ0) is 51.4. The first-order valence-corrected chi connectivity index (χ1v) is 26.9. The number of nitrogens with one attached hydrogen (secondary N) is 2. The second kappa shape index (κ2) is 20.3. The van der Waals surface area contributed by atoms with Crippen LogP contribution in [0.2, 0.25) is 0 Å². The van der Waals surface area contributed by atoms with Gasteiger partial charge in [0.1, 0.15) is 30.0 Å². The molecule has 6 atom stereocenters. The van der Waals surface area contributed by atoms with Crippen LogP contribution in [0.3, 0.4) is 0 Å². The molecule has 21 heteroatoms. The average molecular weight is 1030 g/mol. The number of aryl methyl sites for hydroxylation is 1. The number of morpholine rings is 1. The summed E-state index contributed by atoms with van der Waals surface area (Å²) in [5.41, 5.74) is 1.26. The van der Waals surface area contributed by atoms with Crippen LogP contribution in [0.4, 0.5) is 8.78 Å². The van der Waals surface area contributed by atoms with Gasteiger partial charge in [-0.2, -0.15) is 0 Å². The number of thiophene rings is 1. The van der Waals surface area contributed by atoms with Gasteiger partial charge in [-0.3, -0.25) is 47.9 Å². The molecule has 4 aliphatic rings. The van der Waals surface area contributed by atoms with Gasteiger partial charge in [0.2, 0.25) is 29.5 Å².